The van der Waals surface area contributed by atoms with Crippen LogP contribution in [0, 0.1) is 19.7 Å². The molecule has 0 saturated carbocycles. The zero-order valence-corrected chi connectivity index (χ0v) is 17.4. The van der Waals surface area contributed by atoms with E-state index in [1.54, 1.807) is 25.1 Å². The molecule has 0 aliphatic heterocycles. The number of anilines is 1. The number of ether oxygens (including phenoxy) is 2. The second kappa shape index (κ2) is 8.93. The van der Waals surface area contributed by atoms with Gasteiger partial charge in [-0.2, -0.15) is 0 Å². The standard InChI is InChI=1S/C23H20FN3O5/c1-14-3-8-20(31-12-17-11-23(29)27-21(25-17)10-15(2)32-27)19(9-14)26-22(28)13-30-18-6-4-16(24)5-7-18/h3-11H,12-13H2,1-2H3,(H,26,28). The third-order valence-corrected chi connectivity index (χ3v) is 4.49. The number of carbonyl (C=O) groups is 1. The fourth-order valence-corrected chi connectivity index (χ4v) is 3.03. The van der Waals surface area contributed by atoms with Crippen LogP contribution in [0.1, 0.15) is 17.0 Å². The van der Waals surface area contributed by atoms with Crippen molar-refractivity contribution in [2.24, 2.45) is 0 Å². The monoisotopic (exact) mass is 437 g/mol. The van der Waals surface area contributed by atoms with Crippen LogP contribution in [-0.2, 0) is 11.4 Å². The maximum Gasteiger partial charge on any atom is 0.287 e. The minimum absolute atomic E-state index is 0.0218. The number of carbonyl (C=O) groups excluding carboxylic acids is 1. The average molecular weight is 437 g/mol. The Hall–Kier alpha value is -4.14. The predicted octanol–water partition coefficient (Wildman–Crippen LogP) is 3.64. The second-order valence-electron chi connectivity index (χ2n) is 7.16. The van der Waals surface area contributed by atoms with E-state index in [0.717, 1.165) is 10.1 Å². The van der Waals surface area contributed by atoms with Gasteiger partial charge < -0.3 is 19.3 Å². The van der Waals surface area contributed by atoms with Crippen LogP contribution in [0.25, 0.3) is 5.65 Å². The first kappa shape index (κ1) is 21.1. The predicted molar refractivity (Wildman–Crippen MR) is 115 cm³/mol. The fraction of sp³-hybridized carbons (Fsp3) is 0.174. The summed E-state index contributed by atoms with van der Waals surface area (Å²) in [6.07, 6.45) is 0. The first-order chi connectivity index (χ1) is 15.4. The number of aromatic nitrogens is 2. The van der Waals surface area contributed by atoms with Gasteiger partial charge in [0, 0.05) is 12.1 Å². The van der Waals surface area contributed by atoms with Gasteiger partial charge >= 0.3 is 0 Å². The molecule has 2 aromatic carbocycles. The number of hydrogen-bond acceptors (Lipinski definition) is 6. The number of hydrogen-bond donors (Lipinski definition) is 1. The first-order valence-electron chi connectivity index (χ1n) is 9.79. The van der Waals surface area contributed by atoms with Crippen molar-refractivity contribution in [3.8, 4) is 11.5 Å². The summed E-state index contributed by atoms with van der Waals surface area (Å²) in [4.78, 5) is 28.9. The summed E-state index contributed by atoms with van der Waals surface area (Å²) in [7, 11) is 0. The Balaban J connectivity index is 1.44. The number of benzene rings is 2. The lowest BCUT2D eigenvalue weighted by atomic mass is 10.2. The third-order valence-electron chi connectivity index (χ3n) is 4.49. The number of halogens is 1. The Morgan fingerprint density at radius 2 is 1.88 bits per heavy atom. The van der Waals surface area contributed by atoms with Crippen molar-refractivity contribution in [3.63, 3.8) is 0 Å². The Morgan fingerprint density at radius 3 is 2.66 bits per heavy atom. The van der Waals surface area contributed by atoms with Gasteiger partial charge in [0.2, 0.25) is 0 Å². The largest absolute Gasteiger partial charge is 0.485 e. The Morgan fingerprint density at radius 1 is 1.09 bits per heavy atom. The Labute approximate surface area is 182 Å². The smallest absolute Gasteiger partial charge is 0.287 e. The minimum atomic E-state index is -0.406. The van der Waals surface area contributed by atoms with Crippen molar-refractivity contribution in [3.05, 3.63) is 87.8 Å². The van der Waals surface area contributed by atoms with Gasteiger partial charge in [0.1, 0.15) is 29.7 Å². The van der Waals surface area contributed by atoms with Crippen LogP contribution >= 0.6 is 0 Å². The molecule has 4 rings (SSSR count). The molecule has 0 fully saturated rings. The normalized spacial score (nSPS) is 10.8. The van der Waals surface area contributed by atoms with Crippen LogP contribution in [0.4, 0.5) is 10.1 Å². The summed E-state index contributed by atoms with van der Waals surface area (Å²) >= 11 is 0. The van der Waals surface area contributed by atoms with Crippen molar-refractivity contribution >= 4 is 17.2 Å². The van der Waals surface area contributed by atoms with Crippen LogP contribution in [0.3, 0.4) is 0 Å². The Kier molecular flexibility index (Phi) is 5.89. The van der Waals surface area contributed by atoms with Gasteiger partial charge in [0.15, 0.2) is 12.3 Å². The Bertz CT molecular complexity index is 1330. The molecule has 9 heteroatoms. The highest BCUT2D eigenvalue weighted by molar-refractivity contribution is 5.93. The molecule has 0 spiro atoms. The maximum atomic E-state index is 13.0. The van der Waals surface area contributed by atoms with E-state index in [1.165, 1.54) is 30.3 Å². The van der Waals surface area contributed by atoms with Crippen molar-refractivity contribution in [1.82, 2.24) is 9.56 Å². The molecule has 0 aliphatic rings. The molecule has 8 nitrogen and oxygen atoms in total. The van der Waals surface area contributed by atoms with E-state index in [4.69, 9.17) is 14.0 Å². The molecule has 32 heavy (non-hydrogen) atoms. The first-order valence-corrected chi connectivity index (χ1v) is 9.79. The van der Waals surface area contributed by atoms with E-state index in [-0.39, 0.29) is 24.6 Å². The number of fused-ring (bicyclic) bond motifs is 1. The highest BCUT2D eigenvalue weighted by Gasteiger charge is 2.12. The molecule has 4 aromatic rings. The van der Waals surface area contributed by atoms with Crippen LogP contribution in [0.15, 0.2) is 63.9 Å². The zero-order chi connectivity index (χ0) is 22.7. The lowest BCUT2D eigenvalue weighted by Gasteiger charge is -2.14. The summed E-state index contributed by atoms with van der Waals surface area (Å²) in [5, 5.41) is 2.75. The van der Waals surface area contributed by atoms with Crippen LogP contribution in [0.2, 0.25) is 0 Å². The van der Waals surface area contributed by atoms with Crippen molar-refractivity contribution in [2.45, 2.75) is 20.5 Å². The van der Waals surface area contributed by atoms with E-state index in [0.29, 0.717) is 34.3 Å². The van der Waals surface area contributed by atoms with Crippen LogP contribution in [-0.4, -0.2) is 22.1 Å². The summed E-state index contributed by atoms with van der Waals surface area (Å²) in [5.74, 6) is 0.568. The summed E-state index contributed by atoms with van der Waals surface area (Å²) < 4.78 is 30.6. The van der Waals surface area contributed by atoms with E-state index >= 15 is 0 Å². The maximum absolute atomic E-state index is 13.0. The number of aryl methyl sites for hydroxylation is 2. The summed E-state index contributed by atoms with van der Waals surface area (Å²) in [5.41, 5.74) is 1.84. The molecule has 1 amide bonds. The quantitative estimate of drug-likeness (QED) is 0.474. The second-order valence-corrected chi connectivity index (χ2v) is 7.16. The molecule has 0 saturated heterocycles. The highest BCUT2D eigenvalue weighted by Crippen LogP contribution is 2.26. The summed E-state index contributed by atoms with van der Waals surface area (Å²) in [6.45, 7) is 3.37. The number of amides is 1. The van der Waals surface area contributed by atoms with E-state index in [2.05, 4.69) is 10.3 Å². The molecule has 0 radical (unpaired) electrons. The molecule has 2 heterocycles. The van der Waals surface area contributed by atoms with Gasteiger partial charge in [0.25, 0.3) is 11.5 Å². The SMILES string of the molecule is Cc1ccc(OCc2cc(=O)n3oc(C)cc3n2)c(NC(=O)COc2ccc(F)cc2)c1. The molecular formula is C23H20FN3O5. The van der Waals surface area contributed by atoms with Crippen molar-refractivity contribution in [1.29, 1.82) is 0 Å². The van der Waals surface area contributed by atoms with Gasteiger partial charge in [-0.1, -0.05) is 6.07 Å². The number of nitrogens with one attached hydrogen (secondary N) is 1. The molecule has 1 N–H and O–H groups in total. The number of rotatable bonds is 7. The van der Waals surface area contributed by atoms with Gasteiger partial charge in [-0.25, -0.2) is 9.37 Å². The van der Waals surface area contributed by atoms with Crippen molar-refractivity contribution in [2.75, 3.05) is 11.9 Å². The van der Waals surface area contributed by atoms with E-state index in [1.807, 2.05) is 13.0 Å². The lowest BCUT2D eigenvalue weighted by molar-refractivity contribution is -0.118. The fourth-order valence-electron chi connectivity index (χ4n) is 3.03. The topological polar surface area (TPSA) is 95.1 Å². The summed E-state index contributed by atoms with van der Waals surface area (Å²) in [6, 6.07) is 13.7. The molecule has 164 valence electrons. The van der Waals surface area contributed by atoms with Gasteiger partial charge in [0.05, 0.1) is 11.4 Å². The number of nitrogens with zero attached hydrogens (tertiary/aromatic N) is 2. The minimum Gasteiger partial charge on any atom is -0.485 e. The molecule has 0 aliphatic carbocycles. The molecular weight excluding hydrogens is 417 g/mol. The molecule has 2 aromatic heterocycles. The highest BCUT2D eigenvalue weighted by atomic mass is 19.1. The van der Waals surface area contributed by atoms with E-state index in [9.17, 15) is 14.0 Å². The third kappa shape index (κ3) is 4.94. The molecule has 0 atom stereocenters. The van der Waals surface area contributed by atoms with Gasteiger partial charge in [-0.3, -0.25) is 9.59 Å². The van der Waals surface area contributed by atoms with Gasteiger partial charge in [-0.15, -0.1) is 4.57 Å². The zero-order valence-electron chi connectivity index (χ0n) is 17.4. The van der Waals surface area contributed by atoms with Crippen molar-refractivity contribution < 1.29 is 23.2 Å². The molecule has 0 bridgehead atoms. The lowest BCUT2D eigenvalue weighted by Crippen LogP contribution is -2.20. The van der Waals surface area contributed by atoms with Crippen LogP contribution in [0.5, 0.6) is 11.5 Å². The average Bonchev–Trinajstić information content (AvgIpc) is 3.13. The van der Waals surface area contributed by atoms with E-state index < -0.39 is 5.91 Å². The van der Waals surface area contributed by atoms with Gasteiger partial charge in [-0.05, 0) is 55.8 Å². The molecule has 0 unspecified atom stereocenters. The van der Waals surface area contributed by atoms with Crippen LogP contribution < -0.4 is 20.3 Å².